The van der Waals surface area contributed by atoms with Crippen molar-refractivity contribution in [3.63, 3.8) is 0 Å². The van der Waals surface area contributed by atoms with Crippen molar-refractivity contribution in [1.82, 2.24) is 9.47 Å². The van der Waals surface area contributed by atoms with Gasteiger partial charge < -0.3 is 28.4 Å². The van der Waals surface area contributed by atoms with Crippen molar-refractivity contribution in [2.75, 3.05) is 33.9 Å². The number of ether oxygens (including phenoxy) is 4. The normalized spacial score (nSPS) is 16.7. The number of carbonyl (C=O) groups excluding carboxylic acids is 1. The number of nitrogens with zero attached hydrogens (tertiary/aromatic N) is 2. The fraction of sp³-hybridized carbons (Fsp3) is 0.370. The monoisotopic (exact) mass is 496 g/mol. The molecule has 3 heterocycles. The molecular weight excluding hydrogens is 468 g/mol. The van der Waals surface area contributed by atoms with Gasteiger partial charge in [0.1, 0.15) is 12.4 Å². The molecule has 184 valence electrons. The van der Waals surface area contributed by atoms with E-state index >= 15 is 0 Å². The molecule has 2 aliphatic heterocycles. The lowest BCUT2D eigenvalue weighted by atomic mass is 9.86. The topological polar surface area (TPSA) is 62.2 Å². The number of hydrogen-bond donors (Lipinski definition) is 0. The molecule has 0 saturated carbocycles. The highest BCUT2D eigenvalue weighted by Gasteiger charge is 2.44. The van der Waals surface area contributed by atoms with Crippen molar-refractivity contribution in [2.45, 2.75) is 31.5 Å². The first-order chi connectivity index (χ1) is 16.9. The Balaban J connectivity index is 1.32. The zero-order valence-corrected chi connectivity index (χ0v) is 20.9. The summed E-state index contributed by atoms with van der Waals surface area (Å²) in [4.78, 5) is 15.2. The highest BCUT2D eigenvalue weighted by Crippen LogP contribution is 2.46. The maximum absolute atomic E-state index is 13.3. The Kier molecular flexibility index (Phi) is 6.38. The van der Waals surface area contributed by atoms with Crippen LogP contribution in [0.25, 0.3) is 5.69 Å². The van der Waals surface area contributed by atoms with Gasteiger partial charge in [-0.15, -0.1) is 0 Å². The first kappa shape index (κ1) is 23.6. The second-order valence-corrected chi connectivity index (χ2v) is 9.42. The maximum atomic E-state index is 13.3. The minimum absolute atomic E-state index is 0.0374. The second kappa shape index (κ2) is 9.47. The first-order valence-corrected chi connectivity index (χ1v) is 12.1. The lowest BCUT2D eigenvalue weighted by Crippen LogP contribution is -2.50. The Morgan fingerprint density at radius 3 is 2.66 bits per heavy atom. The van der Waals surface area contributed by atoms with Gasteiger partial charge in [-0.25, -0.2) is 0 Å². The number of hydrogen-bond acceptors (Lipinski definition) is 5. The third kappa shape index (κ3) is 4.34. The van der Waals surface area contributed by atoms with E-state index in [1.807, 2.05) is 42.3 Å². The molecule has 0 radical (unpaired) electrons. The van der Waals surface area contributed by atoms with E-state index in [4.69, 9.17) is 30.5 Å². The lowest BCUT2D eigenvalue weighted by Gasteiger charge is -2.45. The molecule has 1 atom stereocenters. The van der Waals surface area contributed by atoms with E-state index in [0.29, 0.717) is 54.6 Å². The highest BCUT2D eigenvalue weighted by molar-refractivity contribution is 6.30. The second-order valence-electron chi connectivity index (χ2n) is 8.99. The van der Waals surface area contributed by atoms with Gasteiger partial charge in [-0.2, -0.15) is 0 Å². The fourth-order valence-electron chi connectivity index (χ4n) is 4.80. The van der Waals surface area contributed by atoms with Crippen LogP contribution in [0.5, 0.6) is 17.2 Å². The Morgan fingerprint density at radius 1 is 1.11 bits per heavy atom. The van der Waals surface area contributed by atoms with E-state index in [1.165, 1.54) is 0 Å². The molecule has 0 N–H and O–H groups in total. The van der Waals surface area contributed by atoms with Crippen molar-refractivity contribution < 1.29 is 23.7 Å². The molecule has 1 saturated heterocycles. The molecule has 2 aromatic carbocycles. The Labute approximate surface area is 210 Å². The molecule has 0 aliphatic carbocycles. The molecule has 1 aromatic heterocycles. The van der Waals surface area contributed by atoms with Crippen LogP contribution < -0.4 is 14.2 Å². The number of carbonyl (C=O) groups is 1. The molecule has 7 nitrogen and oxygen atoms in total. The predicted octanol–water partition coefficient (Wildman–Crippen LogP) is 5.08. The van der Waals surface area contributed by atoms with Crippen LogP contribution >= 0.6 is 11.6 Å². The van der Waals surface area contributed by atoms with Crippen LogP contribution in [0.2, 0.25) is 5.02 Å². The van der Waals surface area contributed by atoms with E-state index in [0.717, 1.165) is 17.1 Å². The molecule has 1 fully saturated rings. The van der Waals surface area contributed by atoms with Crippen molar-refractivity contribution in [2.24, 2.45) is 0 Å². The highest BCUT2D eigenvalue weighted by atomic mass is 35.5. The number of fused-ring (bicyclic) bond motifs is 4. The summed E-state index contributed by atoms with van der Waals surface area (Å²) < 4.78 is 25.3. The summed E-state index contributed by atoms with van der Waals surface area (Å²) >= 11 is 6.25. The summed E-state index contributed by atoms with van der Waals surface area (Å²) in [5.41, 5.74) is 2.15. The number of likely N-dealkylation sites (tertiary alicyclic amines) is 1. The Bertz CT molecular complexity index is 1230. The van der Waals surface area contributed by atoms with Gasteiger partial charge in [0, 0.05) is 55.9 Å². The van der Waals surface area contributed by atoms with E-state index in [2.05, 4.69) is 10.6 Å². The van der Waals surface area contributed by atoms with Crippen LogP contribution in [-0.2, 0) is 10.3 Å². The van der Waals surface area contributed by atoms with Crippen molar-refractivity contribution in [3.8, 4) is 22.9 Å². The van der Waals surface area contributed by atoms with E-state index in [9.17, 15) is 4.79 Å². The predicted molar refractivity (Wildman–Crippen MR) is 133 cm³/mol. The number of rotatable bonds is 6. The van der Waals surface area contributed by atoms with Crippen LogP contribution in [0.15, 0.2) is 54.7 Å². The van der Waals surface area contributed by atoms with Crippen LogP contribution in [0.3, 0.4) is 0 Å². The minimum Gasteiger partial charge on any atom is -0.493 e. The van der Waals surface area contributed by atoms with Crippen LogP contribution in [0.1, 0.15) is 35.8 Å². The summed E-state index contributed by atoms with van der Waals surface area (Å²) in [5.74, 6) is 1.84. The third-order valence-electron chi connectivity index (χ3n) is 6.85. The van der Waals surface area contributed by atoms with Gasteiger partial charge in [-0.05, 0) is 49.4 Å². The molecule has 2 aliphatic rings. The number of piperidine rings is 1. The third-order valence-corrected chi connectivity index (χ3v) is 7.08. The van der Waals surface area contributed by atoms with Crippen LogP contribution in [0, 0.1) is 0 Å². The standard InChI is InChI=1S/C27H29ClN2O5/c1-18(32-2)17-34-22-9-6-19(15-24(22)33-3)26(31)29-13-10-27(11-14-29)25-5-4-12-30(25)21-8-7-20(28)16-23(21)35-27/h4-9,12,15-16,18H,10-11,13-14,17H2,1-3H3/t18-/m0/s1. The molecule has 5 rings (SSSR count). The number of amides is 1. The lowest BCUT2D eigenvalue weighted by molar-refractivity contribution is -0.00931. The zero-order chi connectivity index (χ0) is 24.6. The average Bonchev–Trinajstić information content (AvgIpc) is 3.38. The van der Waals surface area contributed by atoms with Crippen molar-refractivity contribution >= 4 is 17.5 Å². The van der Waals surface area contributed by atoms with Gasteiger partial charge in [-0.1, -0.05) is 11.6 Å². The van der Waals surface area contributed by atoms with E-state index in [1.54, 1.807) is 32.4 Å². The quantitative estimate of drug-likeness (QED) is 0.476. The number of halogens is 1. The van der Waals surface area contributed by atoms with Gasteiger partial charge in [-0.3, -0.25) is 4.79 Å². The summed E-state index contributed by atoms with van der Waals surface area (Å²) in [5, 5.41) is 0.639. The minimum atomic E-state index is -0.495. The molecule has 0 unspecified atom stereocenters. The molecule has 1 spiro atoms. The maximum Gasteiger partial charge on any atom is 0.253 e. The SMILES string of the molecule is COc1cc(C(=O)N2CCC3(CC2)Oc2cc(Cl)ccc2-n2cccc23)ccc1OC[C@H](C)OC. The molecule has 8 heteroatoms. The van der Waals surface area contributed by atoms with Gasteiger partial charge in [0.2, 0.25) is 0 Å². The van der Waals surface area contributed by atoms with Gasteiger partial charge >= 0.3 is 0 Å². The van der Waals surface area contributed by atoms with E-state index in [-0.39, 0.29) is 12.0 Å². The van der Waals surface area contributed by atoms with Crippen molar-refractivity contribution in [3.05, 3.63) is 71.0 Å². The number of methoxy groups -OCH3 is 2. The molecule has 3 aromatic rings. The molecule has 35 heavy (non-hydrogen) atoms. The number of aromatic nitrogens is 1. The smallest absolute Gasteiger partial charge is 0.253 e. The average molecular weight is 497 g/mol. The largest absolute Gasteiger partial charge is 0.493 e. The zero-order valence-electron chi connectivity index (χ0n) is 20.1. The van der Waals surface area contributed by atoms with Gasteiger partial charge in [0.25, 0.3) is 5.91 Å². The first-order valence-electron chi connectivity index (χ1n) is 11.7. The number of benzene rings is 2. The Hall–Kier alpha value is -3.16. The summed E-state index contributed by atoms with van der Waals surface area (Å²) in [7, 11) is 3.21. The van der Waals surface area contributed by atoms with Gasteiger partial charge in [0.05, 0.1) is 24.6 Å². The van der Waals surface area contributed by atoms with Crippen LogP contribution in [-0.4, -0.2) is 55.4 Å². The Morgan fingerprint density at radius 2 is 1.91 bits per heavy atom. The van der Waals surface area contributed by atoms with Gasteiger partial charge in [0.15, 0.2) is 17.1 Å². The fourth-order valence-corrected chi connectivity index (χ4v) is 4.96. The van der Waals surface area contributed by atoms with Crippen molar-refractivity contribution in [1.29, 1.82) is 0 Å². The molecular formula is C27H29ClN2O5. The molecule has 0 bridgehead atoms. The van der Waals surface area contributed by atoms with Crippen LogP contribution in [0.4, 0.5) is 0 Å². The summed E-state index contributed by atoms with van der Waals surface area (Å²) in [6.07, 6.45) is 3.37. The molecule has 1 amide bonds. The van der Waals surface area contributed by atoms with E-state index < -0.39 is 5.60 Å². The summed E-state index contributed by atoms with van der Waals surface area (Å²) in [6, 6.07) is 15.1. The summed E-state index contributed by atoms with van der Waals surface area (Å²) in [6.45, 7) is 3.47.